The maximum atomic E-state index is 13.8. The molecule has 1 heterocycles. The number of halogens is 1. The Morgan fingerprint density at radius 2 is 2.14 bits per heavy atom. The van der Waals surface area contributed by atoms with Crippen LogP contribution in [0.15, 0.2) is 24.3 Å². The van der Waals surface area contributed by atoms with Crippen molar-refractivity contribution < 1.29 is 9.50 Å². The SMILES string of the molecule is Cc1cc(NCCSCC(C)(C)O)c2cccc(F)c2n1. The van der Waals surface area contributed by atoms with Gasteiger partial charge in [-0.15, -0.1) is 0 Å². The molecule has 0 spiro atoms. The van der Waals surface area contributed by atoms with Gasteiger partial charge in [-0.2, -0.15) is 11.8 Å². The minimum absolute atomic E-state index is 0.296. The molecule has 114 valence electrons. The second-order valence-corrected chi connectivity index (χ2v) is 6.84. The van der Waals surface area contributed by atoms with Crippen molar-refractivity contribution in [2.75, 3.05) is 23.4 Å². The zero-order chi connectivity index (χ0) is 15.5. The maximum Gasteiger partial charge on any atom is 0.149 e. The number of hydrogen-bond donors (Lipinski definition) is 2. The lowest BCUT2D eigenvalue weighted by atomic mass is 10.1. The molecule has 1 aromatic heterocycles. The van der Waals surface area contributed by atoms with Gasteiger partial charge in [0, 0.05) is 34.8 Å². The summed E-state index contributed by atoms with van der Waals surface area (Å²) >= 11 is 1.69. The van der Waals surface area contributed by atoms with Gasteiger partial charge in [0.1, 0.15) is 11.3 Å². The van der Waals surface area contributed by atoms with Crippen LogP contribution in [-0.2, 0) is 0 Å². The van der Waals surface area contributed by atoms with E-state index in [1.807, 2.05) is 19.1 Å². The first-order valence-corrected chi connectivity index (χ1v) is 8.12. The van der Waals surface area contributed by atoms with Crippen molar-refractivity contribution in [3.05, 3.63) is 35.8 Å². The molecule has 0 aliphatic carbocycles. The zero-order valence-corrected chi connectivity index (χ0v) is 13.4. The molecule has 0 amide bonds. The first-order chi connectivity index (χ1) is 9.87. The summed E-state index contributed by atoms with van der Waals surface area (Å²) in [7, 11) is 0. The minimum Gasteiger partial charge on any atom is -0.390 e. The molecule has 2 aromatic rings. The van der Waals surface area contributed by atoms with E-state index in [1.54, 1.807) is 31.7 Å². The Labute approximate surface area is 129 Å². The summed E-state index contributed by atoms with van der Waals surface area (Å²) in [5.74, 6) is 1.28. The molecule has 5 heteroatoms. The smallest absolute Gasteiger partial charge is 0.149 e. The second-order valence-electron chi connectivity index (χ2n) is 5.74. The van der Waals surface area contributed by atoms with Gasteiger partial charge in [0.25, 0.3) is 0 Å². The third-order valence-corrected chi connectivity index (χ3v) is 4.34. The topological polar surface area (TPSA) is 45.1 Å². The normalized spacial score (nSPS) is 11.9. The lowest BCUT2D eigenvalue weighted by Crippen LogP contribution is -2.22. The quantitative estimate of drug-likeness (QED) is 0.800. The average Bonchev–Trinajstić information content (AvgIpc) is 2.38. The van der Waals surface area contributed by atoms with Gasteiger partial charge in [-0.25, -0.2) is 9.37 Å². The zero-order valence-electron chi connectivity index (χ0n) is 12.6. The highest BCUT2D eigenvalue weighted by Gasteiger charge is 2.12. The summed E-state index contributed by atoms with van der Waals surface area (Å²) in [6.45, 7) is 6.22. The number of aromatic nitrogens is 1. The summed E-state index contributed by atoms with van der Waals surface area (Å²) < 4.78 is 13.8. The predicted octanol–water partition coefficient (Wildman–Crippen LogP) is 3.60. The first-order valence-electron chi connectivity index (χ1n) is 6.97. The molecule has 2 N–H and O–H groups in total. The summed E-state index contributed by atoms with van der Waals surface area (Å²) in [4.78, 5) is 4.26. The van der Waals surface area contributed by atoms with E-state index in [1.165, 1.54) is 6.07 Å². The summed E-state index contributed by atoms with van der Waals surface area (Å²) in [5, 5.41) is 13.8. The number of fused-ring (bicyclic) bond motifs is 1. The van der Waals surface area contributed by atoms with Crippen LogP contribution < -0.4 is 5.32 Å². The van der Waals surface area contributed by atoms with Crippen LogP contribution in [0.2, 0.25) is 0 Å². The van der Waals surface area contributed by atoms with Crippen LogP contribution in [0.4, 0.5) is 10.1 Å². The Morgan fingerprint density at radius 1 is 1.38 bits per heavy atom. The van der Waals surface area contributed by atoms with Crippen LogP contribution in [0.3, 0.4) is 0 Å². The van der Waals surface area contributed by atoms with Crippen LogP contribution in [0.25, 0.3) is 10.9 Å². The highest BCUT2D eigenvalue weighted by molar-refractivity contribution is 7.99. The molecule has 0 saturated heterocycles. The molecule has 0 aliphatic rings. The van der Waals surface area contributed by atoms with E-state index in [9.17, 15) is 9.50 Å². The number of nitrogens with one attached hydrogen (secondary N) is 1. The largest absolute Gasteiger partial charge is 0.390 e. The number of anilines is 1. The molecule has 0 radical (unpaired) electrons. The number of hydrogen-bond acceptors (Lipinski definition) is 4. The summed E-state index contributed by atoms with van der Waals surface area (Å²) in [6, 6.07) is 6.93. The van der Waals surface area contributed by atoms with Crippen LogP contribution in [-0.4, -0.2) is 33.7 Å². The molecule has 3 nitrogen and oxygen atoms in total. The van der Waals surface area contributed by atoms with Gasteiger partial charge in [-0.05, 0) is 32.9 Å². The number of para-hydroxylation sites is 1. The average molecular weight is 308 g/mol. The number of aryl methyl sites for hydroxylation is 1. The van der Waals surface area contributed by atoms with Gasteiger partial charge < -0.3 is 10.4 Å². The second kappa shape index (κ2) is 6.62. The van der Waals surface area contributed by atoms with Crippen molar-refractivity contribution >= 4 is 28.4 Å². The molecule has 2 rings (SSSR count). The molecular formula is C16H21FN2OS. The van der Waals surface area contributed by atoms with E-state index in [0.717, 1.165) is 29.1 Å². The van der Waals surface area contributed by atoms with Crippen LogP contribution in [0.5, 0.6) is 0 Å². The summed E-state index contributed by atoms with van der Waals surface area (Å²) in [6.07, 6.45) is 0. The summed E-state index contributed by atoms with van der Waals surface area (Å²) in [5.41, 5.74) is 1.46. The third kappa shape index (κ3) is 4.58. The van der Waals surface area contributed by atoms with E-state index in [0.29, 0.717) is 11.3 Å². The molecule has 0 fully saturated rings. The number of pyridine rings is 1. The van der Waals surface area contributed by atoms with Crippen LogP contribution >= 0.6 is 11.8 Å². The molecular weight excluding hydrogens is 287 g/mol. The molecule has 0 bridgehead atoms. The van der Waals surface area contributed by atoms with Gasteiger partial charge in [-0.1, -0.05) is 12.1 Å². The predicted molar refractivity (Wildman–Crippen MR) is 88.6 cm³/mol. The van der Waals surface area contributed by atoms with Crippen molar-refractivity contribution in [2.45, 2.75) is 26.4 Å². The molecule has 0 unspecified atom stereocenters. The van der Waals surface area contributed by atoms with Crippen LogP contribution in [0.1, 0.15) is 19.5 Å². The van der Waals surface area contributed by atoms with Gasteiger partial charge in [0.05, 0.1) is 5.60 Å². The lowest BCUT2D eigenvalue weighted by molar-refractivity contribution is 0.107. The first kappa shape index (κ1) is 16.0. The Balaban J connectivity index is 2.04. The van der Waals surface area contributed by atoms with Gasteiger partial charge in [0.2, 0.25) is 0 Å². The Hall–Kier alpha value is -1.33. The number of aliphatic hydroxyl groups is 1. The third-order valence-electron chi connectivity index (χ3n) is 2.94. The minimum atomic E-state index is -0.645. The number of benzene rings is 1. The fraction of sp³-hybridized carbons (Fsp3) is 0.438. The van der Waals surface area contributed by atoms with Gasteiger partial charge in [-0.3, -0.25) is 0 Å². The lowest BCUT2D eigenvalue weighted by Gasteiger charge is -2.16. The highest BCUT2D eigenvalue weighted by atomic mass is 32.2. The fourth-order valence-corrected chi connectivity index (χ4v) is 2.96. The van der Waals surface area contributed by atoms with Gasteiger partial charge >= 0.3 is 0 Å². The van der Waals surface area contributed by atoms with E-state index < -0.39 is 5.60 Å². The van der Waals surface area contributed by atoms with Crippen LogP contribution in [0, 0.1) is 12.7 Å². The monoisotopic (exact) mass is 308 g/mol. The van der Waals surface area contributed by atoms with Gasteiger partial charge in [0.15, 0.2) is 0 Å². The van der Waals surface area contributed by atoms with Crippen molar-refractivity contribution in [1.82, 2.24) is 4.98 Å². The Morgan fingerprint density at radius 3 is 2.86 bits per heavy atom. The molecule has 1 aromatic carbocycles. The fourth-order valence-electron chi connectivity index (χ4n) is 2.07. The molecule has 21 heavy (non-hydrogen) atoms. The van der Waals surface area contributed by atoms with Crippen molar-refractivity contribution in [2.24, 2.45) is 0 Å². The number of thioether (sulfide) groups is 1. The highest BCUT2D eigenvalue weighted by Crippen LogP contribution is 2.25. The molecule has 0 saturated carbocycles. The molecule has 0 aliphatic heterocycles. The van der Waals surface area contributed by atoms with E-state index in [4.69, 9.17) is 0 Å². The van der Waals surface area contributed by atoms with E-state index >= 15 is 0 Å². The van der Waals surface area contributed by atoms with Crippen molar-refractivity contribution in [3.8, 4) is 0 Å². The Kier molecular flexibility index (Phi) is 5.06. The standard InChI is InChI=1S/C16H21FN2OS/c1-11-9-14(18-7-8-21-10-16(2,3)20)12-5-4-6-13(17)15(12)19-11/h4-6,9,20H,7-8,10H2,1-3H3,(H,18,19). The molecule has 0 atom stereocenters. The maximum absolute atomic E-state index is 13.8. The van der Waals surface area contributed by atoms with Crippen molar-refractivity contribution in [3.63, 3.8) is 0 Å². The number of rotatable bonds is 6. The number of nitrogens with zero attached hydrogens (tertiary/aromatic N) is 1. The van der Waals surface area contributed by atoms with E-state index in [-0.39, 0.29) is 5.82 Å². The van der Waals surface area contributed by atoms with Crippen molar-refractivity contribution in [1.29, 1.82) is 0 Å². The Bertz CT molecular complexity index is 625. The van der Waals surface area contributed by atoms with E-state index in [2.05, 4.69) is 10.3 Å².